The Morgan fingerprint density at radius 2 is 1.56 bits per heavy atom. The molecule has 148 valence electrons. The van der Waals surface area contributed by atoms with Gasteiger partial charge >= 0.3 is 0 Å². The minimum Gasteiger partial charge on any atom is -0.493 e. The third-order valence-electron chi connectivity index (χ3n) is 4.72. The molecule has 0 radical (unpaired) electrons. The summed E-state index contributed by atoms with van der Waals surface area (Å²) in [6.07, 6.45) is 14.8. The van der Waals surface area contributed by atoms with E-state index in [1.54, 1.807) is 6.21 Å². The lowest BCUT2D eigenvalue weighted by Crippen LogP contribution is -1.97. The molecule has 2 aromatic rings. The second kappa shape index (κ2) is 12.8. The second-order valence-electron chi connectivity index (χ2n) is 6.98. The molecule has 0 aliphatic rings. The van der Waals surface area contributed by atoms with Crippen LogP contribution in [0.4, 0.5) is 5.69 Å². The number of benzene rings is 1. The largest absolute Gasteiger partial charge is 0.493 e. The third kappa shape index (κ3) is 7.97. The molecule has 0 amide bonds. The molecule has 5 heteroatoms. The molecule has 2 rings (SSSR count). The predicted octanol–water partition coefficient (Wildman–Crippen LogP) is 7.66. The van der Waals surface area contributed by atoms with E-state index in [0.29, 0.717) is 0 Å². The summed E-state index contributed by atoms with van der Waals surface area (Å²) >= 11 is 6.84. The van der Waals surface area contributed by atoms with Gasteiger partial charge in [-0.15, -0.1) is 0 Å². The van der Waals surface area contributed by atoms with E-state index in [4.69, 9.17) is 12.2 Å². The summed E-state index contributed by atoms with van der Waals surface area (Å²) in [5, 5.41) is 10.4. The zero-order valence-electron chi connectivity index (χ0n) is 16.4. The number of aromatic hydroxyl groups is 1. The fraction of sp³-hybridized carbons (Fsp3) is 0.545. The van der Waals surface area contributed by atoms with Gasteiger partial charge in [0.2, 0.25) is 5.88 Å². The van der Waals surface area contributed by atoms with Gasteiger partial charge in [0.25, 0.3) is 0 Å². The van der Waals surface area contributed by atoms with Gasteiger partial charge in [0.05, 0.1) is 11.9 Å². The van der Waals surface area contributed by atoms with Crippen molar-refractivity contribution >= 4 is 35.5 Å². The minimum atomic E-state index is 0.251. The summed E-state index contributed by atoms with van der Waals surface area (Å²) in [4.78, 5) is 5.15. The fourth-order valence-electron chi connectivity index (χ4n) is 3.10. The first-order valence-corrected chi connectivity index (χ1v) is 11.5. The average Bonchev–Trinajstić information content (AvgIpc) is 2.96. The highest BCUT2D eigenvalue weighted by Crippen LogP contribution is 2.26. The highest BCUT2D eigenvalue weighted by Gasteiger charge is 2.09. The highest BCUT2D eigenvalue weighted by atomic mass is 32.1. The molecule has 1 N–H and O–H groups in total. The topological polar surface area (TPSA) is 37.5 Å². The molecule has 0 saturated heterocycles. The van der Waals surface area contributed by atoms with Gasteiger partial charge in [-0.05, 0) is 30.8 Å². The normalized spacial score (nSPS) is 11.4. The minimum absolute atomic E-state index is 0.251. The Labute approximate surface area is 172 Å². The van der Waals surface area contributed by atoms with Crippen LogP contribution in [0.2, 0.25) is 0 Å². The van der Waals surface area contributed by atoms with Crippen molar-refractivity contribution in [2.24, 2.45) is 4.99 Å². The van der Waals surface area contributed by atoms with Gasteiger partial charge in [0, 0.05) is 6.54 Å². The van der Waals surface area contributed by atoms with E-state index in [0.717, 1.165) is 27.5 Å². The average molecular weight is 405 g/mol. The maximum absolute atomic E-state index is 10.4. The van der Waals surface area contributed by atoms with Gasteiger partial charge in [-0.3, -0.25) is 9.56 Å². The molecule has 3 nitrogen and oxygen atoms in total. The molecule has 0 saturated carbocycles. The van der Waals surface area contributed by atoms with Crippen molar-refractivity contribution in [3.05, 3.63) is 39.2 Å². The first kappa shape index (κ1) is 21.8. The number of aliphatic imine (C=N–C) groups is 1. The number of unbranched alkanes of at least 4 members (excludes halogenated alkanes) is 9. The fourth-order valence-corrected chi connectivity index (χ4v) is 4.33. The molecular weight excluding hydrogens is 372 g/mol. The molecular formula is C22H32N2OS2. The van der Waals surface area contributed by atoms with Crippen LogP contribution in [0.1, 0.15) is 76.0 Å². The molecule has 0 atom stereocenters. The first-order valence-electron chi connectivity index (χ1n) is 10.2. The van der Waals surface area contributed by atoms with Crippen LogP contribution in [0.15, 0.2) is 35.3 Å². The molecule has 27 heavy (non-hydrogen) atoms. The number of rotatable bonds is 13. The first-order chi connectivity index (χ1) is 13.2. The van der Waals surface area contributed by atoms with Crippen LogP contribution in [-0.4, -0.2) is 15.9 Å². The molecule has 0 bridgehead atoms. The Bertz CT molecular complexity index is 735. The van der Waals surface area contributed by atoms with Crippen molar-refractivity contribution < 1.29 is 5.11 Å². The van der Waals surface area contributed by atoms with E-state index in [2.05, 4.69) is 11.9 Å². The molecule has 0 aliphatic heterocycles. The Kier molecular flexibility index (Phi) is 10.4. The van der Waals surface area contributed by atoms with E-state index in [9.17, 15) is 5.11 Å². The van der Waals surface area contributed by atoms with Gasteiger partial charge in [0.15, 0.2) is 3.95 Å². The predicted molar refractivity (Wildman–Crippen MR) is 120 cm³/mol. The van der Waals surface area contributed by atoms with E-state index in [-0.39, 0.29) is 5.88 Å². The van der Waals surface area contributed by atoms with E-state index < -0.39 is 0 Å². The Morgan fingerprint density at radius 1 is 0.963 bits per heavy atom. The summed E-state index contributed by atoms with van der Waals surface area (Å²) in [6, 6.07) is 9.74. The molecule has 0 unspecified atom stereocenters. The monoisotopic (exact) mass is 404 g/mol. The number of thiazole rings is 1. The van der Waals surface area contributed by atoms with Gasteiger partial charge < -0.3 is 5.11 Å². The lowest BCUT2D eigenvalue weighted by molar-refractivity contribution is 0.407. The quantitative estimate of drug-likeness (QED) is 0.211. The third-order valence-corrected chi connectivity index (χ3v) is 6.09. The molecule has 0 spiro atoms. The van der Waals surface area contributed by atoms with Crippen LogP contribution in [0.25, 0.3) is 0 Å². The van der Waals surface area contributed by atoms with E-state index >= 15 is 0 Å². The van der Waals surface area contributed by atoms with Crippen molar-refractivity contribution in [3.63, 3.8) is 0 Å². The van der Waals surface area contributed by atoms with Crippen molar-refractivity contribution in [3.8, 4) is 5.88 Å². The number of hydrogen-bond donors (Lipinski definition) is 1. The van der Waals surface area contributed by atoms with Crippen LogP contribution in [-0.2, 0) is 6.54 Å². The van der Waals surface area contributed by atoms with E-state index in [1.165, 1.54) is 69.1 Å². The Hall–Kier alpha value is -1.46. The van der Waals surface area contributed by atoms with Crippen LogP contribution in [0.5, 0.6) is 5.88 Å². The maximum atomic E-state index is 10.4. The van der Waals surface area contributed by atoms with Crippen molar-refractivity contribution in [2.75, 3.05) is 0 Å². The van der Waals surface area contributed by atoms with Crippen LogP contribution < -0.4 is 0 Å². The molecule has 1 aromatic carbocycles. The molecule has 1 heterocycles. The lowest BCUT2D eigenvalue weighted by Gasteiger charge is -2.05. The van der Waals surface area contributed by atoms with Gasteiger partial charge in [-0.2, -0.15) is 0 Å². The number of hydrogen-bond acceptors (Lipinski definition) is 4. The maximum Gasteiger partial charge on any atom is 0.212 e. The van der Waals surface area contributed by atoms with Gasteiger partial charge in [0.1, 0.15) is 4.88 Å². The standard InChI is InChI=1S/C22H32N2OS2/c1-2-3-4-5-6-7-8-9-10-14-17-24-21(25)20(27-22(24)26)18-23-19-15-12-11-13-16-19/h11-13,15-16,18,25H,2-10,14,17H2,1H3. The van der Waals surface area contributed by atoms with E-state index in [1.807, 2.05) is 34.9 Å². The van der Waals surface area contributed by atoms with Gasteiger partial charge in [-0.25, -0.2) is 0 Å². The smallest absolute Gasteiger partial charge is 0.212 e. The van der Waals surface area contributed by atoms with Crippen molar-refractivity contribution in [1.82, 2.24) is 4.57 Å². The highest BCUT2D eigenvalue weighted by molar-refractivity contribution is 7.73. The molecule has 0 aliphatic carbocycles. The second-order valence-corrected chi connectivity index (χ2v) is 8.66. The number of nitrogens with zero attached hydrogens (tertiary/aromatic N) is 2. The summed E-state index contributed by atoms with van der Waals surface area (Å²) in [5.41, 5.74) is 0.873. The summed E-state index contributed by atoms with van der Waals surface area (Å²) in [7, 11) is 0. The van der Waals surface area contributed by atoms with Crippen molar-refractivity contribution in [1.29, 1.82) is 0 Å². The molecule has 1 aromatic heterocycles. The zero-order chi connectivity index (χ0) is 19.3. The zero-order valence-corrected chi connectivity index (χ0v) is 18.0. The number of aromatic nitrogens is 1. The summed E-state index contributed by atoms with van der Waals surface area (Å²) < 4.78 is 2.56. The Morgan fingerprint density at radius 3 is 2.19 bits per heavy atom. The number of para-hydroxylation sites is 1. The lowest BCUT2D eigenvalue weighted by atomic mass is 10.1. The summed E-state index contributed by atoms with van der Waals surface area (Å²) in [5.74, 6) is 0.251. The SMILES string of the molecule is CCCCCCCCCCCCn1c(O)c(C=Nc2ccccc2)sc1=S. The van der Waals surface area contributed by atoms with Crippen LogP contribution in [0.3, 0.4) is 0 Å². The van der Waals surface area contributed by atoms with Crippen molar-refractivity contribution in [2.45, 2.75) is 77.7 Å². The van der Waals surface area contributed by atoms with Gasteiger partial charge in [-0.1, -0.05) is 94.2 Å². The van der Waals surface area contributed by atoms with Crippen LogP contribution >= 0.6 is 23.6 Å². The summed E-state index contributed by atoms with van der Waals surface area (Å²) in [6.45, 7) is 3.05. The molecule has 0 fully saturated rings. The van der Waals surface area contributed by atoms with Crippen LogP contribution in [0, 0.1) is 3.95 Å². The Balaban J connectivity index is 1.70.